The molecule has 4 aromatic carbocycles. The van der Waals surface area contributed by atoms with Crippen LogP contribution in [0.4, 0.5) is 20.9 Å². The summed E-state index contributed by atoms with van der Waals surface area (Å²) in [6.45, 7) is -0.338. The van der Waals surface area contributed by atoms with E-state index in [4.69, 9.17) is 16.3 Å². The lowest BCUT2D eigenvalue weighted by Crippen LogP contribution is -2.21. The van der Waals surface area contributed by atoms with Gasteiger partial charge in [-0.1, -0.05) is 48.0 Å². The van der Waals surface area contributed by atoms with Crippen LogP contribution in [0.25, 0.3) is 11.3 Å². The Morgan fingerprint density at radius 3 is 2.48 bits per heavy atom. The fourth-order valence-electron chi connectivity index (χ4n) is 3.75. The number of hydrazone groups is 1. The van der Waals surface area contributed by atoms with Crippen molar-refractivity contribution in [3.05, 3.63) is 124 Å². The maximum atomic E-state index is 13.8. The van der Waals surface area contributed by atoms with Gasteiger partial charge >= 0.3 is 0 Å². The minimum absolute atomic E-state index is 0.0687. The number of rotatable bonds is 10. The molecule has 0 spiro atoms. The summed E-state index contributed by atoms with van der Waals surface area (Å²) in [5, 5.41) is 13.1. The lowest BCUT2D eigenvalue weighted by Gasteiger charge is -2.10. The van der Waals surface area contributed by atoms with Crippen LogP contribution in [-0.2, 0) is 4.79 Å². The van der Waals surface area contributed by atoms with Crippen molar-refractivity contribution in [3.63, 3.8) is 0 Å². The number of amides is 2. The average molecular weight is 600 g/mol. The number of para-hydroxylation sites is 2. The summed E-state index contributed by atoms with van der Waals surface area (Å²) < 4.78 is 19.4. The largest absolute Gasteiger partial charge is 0.483 e. The number of aromatic nitrogens is 1. The van der Waals surface area contributed by atoms with Gasteiger partial charge in [-0.25, -0.2) is 14.8 Å². The highest BCUT2D eigenvalue weighted by atomic mass is 35.5. The Morgan fingerprint density at radius 1 is 0.952 bits per heavy atom. The van der Waals surface area contributed by atoms with Crippen molar-refractivity contribution in [3.8, 4) is 17.0 Å². The highest BCUT2D eigenvalue weighted by Gasteiger charge is 2.10. The van der Waals surface area contributed by atoms with Gasteiger partial charge in [0.05, 0.1) is 17.6 Å². The molecule has 11 heteroatoms. The maximum absolute atomic E-state index is 13.8. The minimum Gasteiger partial charge on any atom is -0.483 e. The predicted octanol–water partition coefficient (Wildman–Crippen LogP) is 7.13. The molecule has 8 nitrogen and oxygen atoms in total. The van der Waals surface area contributed by atoms with E-state index >= 15 is 0 Å². The van der Waals surface area contributed by atoms with E-state index in [0.29, 0.717) is 21.9 Å². The number of carbonyl (C=O) groups is 2. The molecule has 0 radical (unpaired) electrons. The third-order valence-electron chi connectivity index (χ3n) is 5.84. The van der Waals surface area contributed by atoms with Crippen molar-refractivity contribution in [2.45, 2.75) is 0 Å². The van der Waals surface area contributed by atoms with Gasteiger partial charge in [0.15, 0.2) is 11.7 Å². The molecule has 1 heterocycles. The smallest absolute Gasteiger partial charge is 0.271 e. The molecule has 210 valence electrons. The zero-order valence-corrected chi connectivity index (χ0v) is 23.5. The second kappa shape index (κ2) is 13.5. The van der Waals surface area contributed by atoms with Gasteiger partial charge in [-0.2, -0.15) is 5.10 Å². The van der Waals surface area contributed by atoms with Crippen LogP contribution in [0, 0.1) is 5.82 Å². The lowest BCUT2D eigenvalue weighted by molar-refractivity contribution is -0.118. The predicted molar refractivity (Wildman–Crippen MR) is 164 cm³/mol. The Labute approximate surface area is 249 Å². The third kappa shape index (κ3) is 7.57. The zero-order valence-electron chi connectivity index (χ0n) is 21.9. The van der Waals surface area contributed by atoms with E-state index < -0.39 is 17.6 Å². The molecule has 0 aliphatic rings. The van der Waals surface area contributed by atoms with Crippen molar-refractivity contribution in [1.29, 1.82) is 0 Å². The van der Waals surface area contributed by atoms with Gasteiger partial charge in [-0.15, -0.1) is 11.3 Å². The Morgan fingerprint density at radius 2 is 1.69 bits per heavy atom. The van der Waals surface area contributed by atoms with Gasteiger partial charge in [0.1, 0.15) is 11.6 Å². The Bertz CT molecular complexity index is 1730. The number of hydrogen-bond donors (Lipinski definition) is 3. The first-order valence-electron chi connectivity index (χ1n) is 12.6. The molecule has 0 aliphatic heterocycles. The van der Waals surface area contributed by atoms with Crippen molar-refractivity contribution < 1.29 is 18.7 Å². The van der Waals surface area contributed by atoms with Gasteiger partial charge in [-0.3, -0.25) is 9.59 Å². The number of nitrogens with zero attached hydrogens (tertiary/aromatic N) is 2. The van der Waals surface area contributed by atoms with Crippen molar-refractivity contribution in [1.82, 2.24) is 10.4 Å². The molecular formula is C31H23ClFN5O3S. The van der Waals surface area contributed by atoms with E-state index in [2.05, 4.69) is 26.1 Å². The van der Waals surface area contributed by atoms with E-state index in [1.54, 1.807) is 54.6 Å². The highest BCUT2D eigenvalue weighted by molar-refractivity contribution is 7.14. The van der Waals surface area contributed by atoms with Crippen LogP contribution in [0.3, 0.4) is 0 Å². The molecule has 5 rings (SSSR count). The molecule has 0 saturated heterocycles. The molecule has 1 aromatic heterocycles. The summed E-state index contributed by atoms with van der Waals surface area (Å²) in [7, 11) is 0. The van der Waals surface area contributed by atoms with Crippen LogP contribution < -0.4 is 20.8 Å². The number of anilines is 3. The molecule has 0 saturated carbocycles. The van der Waals surface area contributed by atoms with Crippen LogP contribution in [0.15, 0.2) is 108 Å². The molecule has 2 amide bonds. The molecule has 0 aliphatic carbocycles. The molecule has 42 heavy (non-hydrogen) atoms. The summed E-state index contributed by atoms with van der Waals surface area (Å²) >= 11 is 7.41. The van der Waals surface area contributed by atoms with Crippen molar-refractivity contribution >= 4 is 57.5 Å². The van der Waals surface area contributed by atoms with Gasteiger partial charge in [0.2, 0.25) is 0 Å². The first-order chi connectivity index (χ1) is 20.4. The monoisotopic (exact) mass is 599 g/mol. The molecule has 0 atom stereocenters. The van der Waals surface area contributed by atoms with Crippen LogP contribution >= 0.6 is 22.9 Å². The standard InChI is InChI=1S/C31H23ClFN5O3S/c32-23-13-15-24(16-14-23)35-31-37-27(19-42-31)20-9-11-21(12-10-20)30(40)38-34-17-22-5-1-4-8-28(22)41-18-29(39)36-26-7-3-2-6-25(26)33/h1-17,19H,18H2,(H,35,37)(H,36,39)(H,38,40)/b34-17-. The molecule has 0 unspecified atom stereocenters. The lowest BCUT2D eigenvalue weighted by atomic mass is 10.1. The maximum Gasteiger partial charge on any atom is 0.271 e. The summed E-state index contributed by atoms with van der Waals surface area (Å²) in [5.41, 5.74) is 6.04. The van der Waals surface area contributed by atoms with Crippen molar-refractivity contribution in [2.24, 2.45) is 5.10 Å². The van der Waals surface area contributed by atoms with Crippen molar-refractivity contribution in [2.75, 3.05) is 17.2 Å². The topological polar surface area (TPSA) is 105 Å². The van der Waals surface area contributed by atoms with Gasteiger partial charge in [0.25, 0.3) is 11.8 Å². The number of ether oxygens (including phenoxy) is 1. The second-order valence-electron chi connectivity index (χ2n) is 8.80. The first kappa shape index (κ1) is 28.5. The Balaban J connectivity index is 1.15. The fourth-order valence-corrected chi connectivity index (χ4v) is 4.61. The van der Waals surface area contributed by atoms with Crippen LogP contribution in [0.5, 0.6) is 5.75 Å². The average Bonchev–Trinajstić information content (AvgIpc) is 3.47. The molecular weight excluding hydrogens is 577 g/mol. The van der Waals surface area contributed by atoms with E-state index in [-0.39, 0.29) is 12.3 Å². The summed E-state index contributed by atoms with van der Waals surface area (Å²) in [5.74, 6) is -1.08. The number of carbonyl (C=O) groups excluding carboxylic acids is 2. The first-order valence-corrected chi connectivity index (χ1v) is 13.9. The third-order valence-corrected chi connectivity index (χ3v) is 6.85. The molecule has 0 fully saturated rings. The number of halogens is 2. The Hall–Kier alpha value is -5.06. The summed E-state index contributed by atoms with van der Waals surface area (Å²) in [6.07, 6.45) is 1.42. The number of hydrogen-bond acceptors (Lipinski definition) is 7. The van der Waals surface area contributed by atoms with Gasteiger partial charge in [-0.05, 0) is 60.7 Å². The molecule has 0 bridgehead atoms. The zero-order chi connectivity index (χ0) is 29.3. The van der Waals surface area contributed by atoms with E-state index in [1.807, 2.05) is 29.6 Å². The van der Waals surface area contributed by atoms with Crippen LogP contribution in [0.2, 0.25) is 5.02 Å². The summed E-state index contributed by atoms with van der Waals surface area (Å²) in [6, 6.07) is 27.1. The Kier molecular flexibility index (Phi) is 9.17. The molecule has 3 N–H and O–H groups in total. The molecule has 5 aromatic rings. The second-order valence-corrected chi connectivity index (χ2v) is 10.1. The SMILES string of the molecule is O=C(COc1ccccc1/C=N\NC(=O)c1ccc(-c2csc(Nc3ccc(Cl)cc3)n2)cc1)Nc1ccccc1F. The van der Waals surface area contributed by atoms with Crippen LogP contribution in [-0.4, -0.2) is 29.6 Å². The summed E-state index contributed by atoms with van der Waals surface area (Å²) in [4.78, 5) is 29.5. The number of nitrogens with one attached hydrogen (secondary N) is 3. The number of thiazole rings is 1. The highest BCUT2D eigenvalue weighted by Crippen LogP contribution is 2.28. The fraction of sp³-hybridized carbons (Fsp3) is 0.0323. The minimum atomic E-state index is -0.538. The van der Waals surface area contributed by atoms with Gasteiger partial charge in [0, 0.05) is 32.8 Å². The van der Waals surface area contributed by atoms with E-state index in [9.17, 15) is 14.0 Å². The van der Waals surface area contributed by atoms with E-state index in [1.165, 1.54) is 35.8 Å². The van der Waals surface area contributed by atoms with Gasteiger partial charge < -0.3 is 15.4 Å². The quantitative estimate of drug-likeness (QED) is 0.117. The van der Waals surface area contributed by atoms with Crippen LogP contribution in [0.1, 0.15) is 15.9 Å². The normalized spacial score (nSPS) is 10.8. The van der Waals surface area contributed by atoms with E-state index in [0.717, 1.165) is 22.1 Å². The number of benzene rings is 4.